The molecule has 2 aromatic carbocycles. The van der Waals surface area contributed by atoms with Gasteiger partial charge in [-0.15, -0.1) is 0 Å². The molecule has 0 heterocycles. The maximum atomic E-state index is 6.43. The first-order chi connectivity index (χ1) is 10.1. The van der Waals surface area contributed by atoms with E-state index in [1.165, 1.54) is 11.1 Å². The molecule has 110 valence electrons. The maximum Gasteiger partial charge on any atom is 0.124 e. The van der Waals surface area contributed by atoms with Crippen LogP contribution in [-0.2, 0) is 0 Å². The van der Waals surface area contributed by atoms with E-state index in [0.717, 1.165) is 17.7 Å². The summed E-state index contributed by atoms with van der Waals surface area (Å²) in [6.07, 6.45) is 0.900. The van der Waals surface area contributed by atoms with Crippen molar-refractivity contribution in [1.29, 1.82) is 0 Å². The lowest BCUT2D eigenvalue weighted by Gasteiger charge is -2.35. The highest BCUT2D eigenvalue weighted by atomic mass is 35.5. The molecule has 2 nitrogen and oxygen atoms in total. The van der Waals surface area contributed by atoms with Gasteiger partial charge in [0.15, 0.2) is 0 Å². The lowest BCUT2D eigenvalue weighted by atomic mass is 9.79. The van der Waals surface area contributed by atoms with Gasteiger partial charge in [-0.25, -0.2) is 0 Å². The molecular weight excluding hydrogens is 282 g/mol. The molecule has 0 aromatic heterocycles. The van der Waals surface area contributed by atoms with Crippen LogP contribution in [0.15, 0.2) is 42.5 Å². The molecule has 0 fully saturated rings. The van der Waals surface area contributed by atoms with Crippen LogP contribution in [0.4, 0.5) is 0 Å². The maximum absolute atomic E-state index is 6.43. The summed E-state index contributed by atoms with van der Waals surface area (Å²) in [5, 5.41) is 0.688. The third-order valence-electron chi connectivity index (χ3n) is 4.30. The van der Waals surface area contributed by atoms with Crippen molar-refractivity contribution in [3.05, 3.63) is 64.2 Å². The van der Waals surface area contributed by atoms with Gasteiger partial charge in [-0.3, -0.25) is 0 Å². The van der Waals surface area contributed by atoms with Gasteiger partial charge in [0.1, 0.15) is 11.9 Å². The third-order valence-corrected chi connectivity index (χ3v) is 4.54. The molecule has 0 spiro atoms. The fraction of sp³-hybridized carbons (Fsp3) is 0.333. The van der Waals surface area contributed by atoms with Gasteiger partial charge in [0.25, 0.3) is 0 Å². The predicted octanol–water partition coefficient (Wildman–Crippen LogP) is 4.60. The van der Waals surface area contributed by atoms with Crippen LogP contribution in [-0.4, -0.2) is 6.10 Å². The van der Waals surface area contributed by atoms with Crippen molar-refractivity contribution >= 4 is 11.6 Å². The van der Waals surface area contributed by atoms with Crippen LogP contribution in [0.1, 0.15) is 42.0 Å². The Balaban J connectivity index is 1.89. The summed E-state index contributed by atoms with van der Waals surface area (Å²) >= 11 is 6.07. The molecular formula is C18H20ClNO. The molecule has 0 bridgehead atoms. The van der Waals surface area contributed by atoms with Crippen molar-refractivity contribution < 1.29 is 4.74 Å². The molecule has 0 radical (unpaired) electrons. The molecule has 21 heavy (non-hydrogen) atoms. The van der Waals surface area contributed by atoms with Gasteiger partial charge in [-0.1, -0.05) is 48.9 Å². The summed E-state index contributed by atoms with van der Waals surface area (Å²) in [5.41, 5.74) is 10.0. The molecule has 3 unspecified atom stereocenters. The normalized spacial score (nSPS) is 24.5. The zero-order valence-corrected chi connectivity index (χ0v) is 13.1. The van der Waals surface area contributed by atoms with E-state index in [1.807, 2.05) is 31.2 Å². The molecule has 0 aliphatic heterocycles. The number of halogens is 1. The number of nitrogens with two attached hydrogens (primary N) is 1. The highest BCUT2D eigenvalue weighted by molar-refractivity contribution is 6.30. The van der Waals surface area contributed by atoms with E-state index in [0.29, 0.717) is 10.9 Å². The third kappa shape index (κ3) is 2.78. The fourth-order valence-corrected chi connectivity index (χ4v) is 3.23. The van der Waals surface area contributed by atoms with Crippen molar-refractivity contribution in [1.82, 2.24) is 0 Å². The number of fused-ring (bicyclic) bond motifs is 1. The van der Waals surface area contributed by atoms with Crippen LogP contribution >= 0.6 is 11.6 Å². The minimum Gasteiger partial charge on any atom is -0.488 e. The zero-order chi connectivity index (χ0) is 15.0. The van der Waals surface area contributed by atoms with Gasteiger partial charge in [0, 0.05) is 5.02 Å². The second kappa shape index (κ2) is 5.70. The van der Waals surface area contributed by atoms with E-state index in [4.69, 9.17) is 22.1 Å². The second-order valence-electron chi connectivity index (χ2n) is 5.86. The van der Waals surface area contributed by atoms with Crippen LogP contribution in [0.2, 0.25) is 5.02 Å². The Bertz CT molecular complexity index is 655. The summed E-state index contributed by atoms with van der Waals surface area (Å²) in [6, 6.07) is 14.0. The van der Waals surface area contributed by atoms with E-state index in [9.17, 15) is 0 Å². The topological polar surface area (TPSA) is 35.2 Å². The van der Waals surface area contributed by atoms with Gasteiger partial charge in [-0.05, 0) is 48.1 Å². The number of ether oxygens (including phenoxy) is 1. The van der Waals surface area contributed by atoms with E-state index in [2.05, 4.69) is 25.1 Å². The molecule has 1 aliphatic carbocycles. The molecule has 2 N–H and O–H groups in total. The van der Waals surface area contributed by atoms with Crippen molar-refractivity contribution in [3.8, 4) is 5.75 Å². The minimum absolute atomic E-state index is 0.0212. The molecule has 1 aliphatic rings. The Morgan fingerprint density at radius 3 is 2.62 bits per heavy atom. The van der Waals surface area contributed by atoms with Gasteiger partial charge in [0.05, 0.1) is 6.04 Å². The molecule has 0 amide bonds. The van der Waals surface area contributed by atoms with E-state index in [1.54, 1.807) is 0 Å². The summed E-state index contributed by atoms with van der Waals surface area (Å²) in [6.45, 7) is 4.25. The number of hydrogen-bond acceptors (Lipinski definition) is 2. The number of benzene rings is 2. The molecule has 3 heteroatoms. The van der Waals surface area contributed by atoms with Crippen LogP contribution in [0, 0.1) is 6.92 Å². The number of rotatable bonds is 2. The Morgan fingerprint density at radius 2 is 1.86 bits per heavy atom. The van der Waals surface area contributed by atoms with Gasteiger partial charge in [0.2, 0.25) is 0 Å². The quantitative estimate of drug-likeness (QED) is 0.879. The Labute approximate surface area is 130 Å². The first-order valence-corrected chi connectivity index (χ1v) is 7.71. The first kappa shape index (κ1) is 14.4. The number of aryl methyl sites for hydroxylation is 1. The van der Waals surface area contributed by atoms with Crippen LogP contribution in [0.3, 0.4) is 0 Å². The van der Waals surface area contributed by atoms with Gasteiger partial charge < -0.3 is 10.5 Å². The van der Waals surface area contributed by atoms with Crippen molar-refractivity contribution in [2.45, 2.75) is 38.3 Å². The summed E-state index contributed by atoms with van der Waals surface area (Å²) in [7, 11) is 0. The molecule has 3 rings (SSSR count). The van der Waals surface area contributed by atoms with Crippen molar-refractivity contribution in [2.75, 3.05) is 0 Å². The van der Waals surface area contributed by atoms with Gasteiger partial charge in [-0.2, -0.15) is 0 Å². The SMILES string of the molecule is Cc1ccc(Cl)cc1OC1CC(C)c2ccccc2C1N. The monoisotopic (exact) mass is 301 g/mol. The van der Waals surface area contributed by atoms with E-state index < -0.39 is 0 Å². The molecule has 3 atom stereocenters. The summed E-state index contributed by atoms with van der Waals surface area (Å²) in [5.74, 6) is 1.28. The number of hydrogen-bond donors (Lipinski definition) is 1. The standard InChI is InChI=1S/C18H20ClNO/c1-11-7-8-13(19)10-16(11)21-17-9-12(2)14-5-3-4-6-15(14)18(17)20/h3-8,10,12,17-18H,9,20H2,1-2H3. The lowest BCUT2D eigenvalue weighted by Crippen LogP contribution is -2.37. The average molecular weight is 302 g/mol. The smallest absolute Gasteiger partial charge is 0.124 e. The van der Waals surface area contributed by atoms with E-state index in [-0.39, 0.29) is 12.1 Å². The summed E-state index contributed by atoms with van der Waals surface area (Å²) in [4.78, 5) is 0. The van der Waals surface area contributed by atoms with Crippen molar-refractivity contribution in [2.24, 2.45) is 5.73 Å². The largest absolute Gasteiger partial charge is 0.488 e. The Morgan fingerprint density at radius 1 is 1.14 bits per heavy atom. The van der Waals surface area contributed by atoms with Gasteiger partial charge >= 0.3 is 0 Å². The molecule has 0 saturated carbocycles. The van der Waals surface area contributed by atoms with E-state index >= 15 is 0 Å². The lowest BCUT2D eigenvalue weighted by molar-refractivity contribution is 0.143. The Hall–Kier alpha value is -1.51. The fourth-order valence-electron chi connectivity index (χ4n) is 3.07. The highest BCUT2D eigenvalue weighted by Crippen LogP contribution is 2.38. The average Bonchev–Trinajstić information content (AvgIpc) is 2.48. The van der Waals surface area contributed by atoms with Crippen molar-refractivity contribution in [3.63, 3.8) is 0 Å². The Kier molecular flexibility index (Phi) is 3.92. The zero-order valence-electron chi connectivity index (χ0n) is 12.3. The summed E-state index contributed by atoms with van der Waals surface area (Å²) < 4.78 is 6.20. The first-order valence-electron chi connectivity index (χ1n) is 7.33. The second-order valence-corrected chi connectivity index (χ2v) is 6.29. The highest BCUT2D eigenvalue weighted by Gasteiger charge is 2.32. The van der Waals surface area contributed by atoms with Crippen LogP contribution in [0.25, 0.3) is 0 Å². The minimum atomic E-state index is -0.101. The molecule has 2 aromatic rings. The predicted molar refractivity (Wildman–Crippen MR) is 87.0 cm³/mol. The van der Waals surface area contributed by atoms with Crippen LogP contribution < -0.4 is 10.5 Å². The van der Waals surface area contributed by atoms with Crippen LogP contribution in [0.5, 0.6) is 5.75 Å². The molecule has 0 saturated heterocycles.